The number of nitrogens with zero attached hydrogens (tertiary/aromatic N) is 3. The Labute approximate surface area is 141 Å². The van der Waals surface area contributed by atoms with Crippen LogP contribution in [0.15, 0.2) is 48.8 Å². The number of rotatable bonds is 3. The molecule has 0 fully saturated rings. The zero-order chi connectivity index (χ0) is 16.7. The quantitative estimate of drug-likeness (QED) is 0.742. The second kappa shape index (κ2) is 5.78. The van der Waals surface area contributed by atoms with E-state index < -0.39 is 0 Å². The second-order valence-electron chi connectivity index (χ2n) is 6.59. The number of amides is 1. The standard InChI is InChI=1S/C20H21N3O/c1-14-6-5-11-23-13-16(21-20(14)23)12-19(24)22(2)18-10-9-15-7-3-4-8-17(15)18/h3-8,11,13,18H,9-10,12H2,1-2H3/t18-/m0/s1. The van der Waals surface area contributed by atoms with Gasteiger partial charge in [-0.15, -0.1) is 0 Å². The lowest BCUT2D eigenvalue weighted by atomic mass is 10.1. The molecule has 1 aliphatic carbocycles. The summed E-state index contributed by atoms with van der Waals surface area (Å²) in [6.45, 7) is 2.04. The van der Waals surface area contributed by atoms with Gasteiger partial charge in [0.25, 0.3) is 0 Å². The van der Waals surface area contributed by atoms with E-state index in [4.69, 9.17) is 0 Å². The van der Waals surface area contributed by atoms with Gasteiger partial charge >= 0.3 is 0 Å². The molecule has 3 aromatic rings. The van der Waals surface area contributed by atoms with E-state index in [1.165, 1.54) is 11.1 Å². The fraction of sp³-hybridized carbons (Fsp3) is 0.300. The Kier molecular flexibility index (Phi) is 3.60. The minimum atomic E-state index is 0.123. The van der Waals surface area contributed by atoms with Crippen LogP contribution in [0.4, 0.5) is 0 Å². The van der Waals surface area contributed by atoms with Crippen molar-refractivity contribution in [2.75, 3.05) is 7.05 Å². The molecule has 0 saturated carbocycles. The molecule has 4 heteroatoms. The Morgan fingerprint density at radius 3 is 2.96 bits per heavy atom. The summed E-state index contributed by atoms with van der Waals surface area (Å²) in [5.41, 5.74) is 5.53. The maximum absolute atomic E-state index is 12.7. The van der Waals surface area contributed by atoms with E-state index in [-0.39, 0.29) is 11.9 Å². The van der Waals surface area contributed by atoms with Gasteiger partial charge in [0, 0.05) is 19.4 Å². The molecule has 1 amide bonds. The molecule has 122 valence electrons. The highest BCUT2D eigenvalue weighted by Gasteiger charge is 2.28. The van der Waals surface area contributed by atoms with Gasteiger partial charge in [-0.1, -0.05) is 30.3 Å². The van der Waals surface area contributed by atoms with Crippen LogP contribution in [0.2, 0.25) is 0 Å². The van der Waals surface area contributed by atoms with Crippen molar-refractivity contribution in [2.45, 2.75) is 32.2 Å². The van der Waals surface area contributed by atoms with Crippen LogP contribution in [0.1, 0.15) is 34.8 Å². The van der Waals surface area contributed by atoms with Crippen molar-refractivity contribution in [3.05, 3.63) is 71.2 Å². The molecule has 0 radical (unpaired) electrons. The number of fused-ring (bicyclic) bond motifs is 2. The largest absolute Gasteiger partial charge is 0.338 e. The van der Waals surface area contributed by atoms with Gasteiger partial charge in [0.2, 0.25) is 5.91 Å². The molecule has 0 N–H and O–H groups in total. The SMILES string of the molecule is Cc1cccn2cc(CC(=O)N(C)[C@H]3CCc4ccccc43)nc12. The van der Waals surface area contributed by atoms with E-state index in [0.29, 0.717) is 6.42 Å². The first-order valence-corrected chi connectivity index (χ1v) is 8.40. The Bertz CT molecular complexity index is 912. The van der Waals surface area contributed by atoms with Crippen molar-refractivity contribution >= 4 is 11.6 Å². The number of benzene rings is 1. The zero-order valence-electron chi connectivity index (χ0n) is 14.1. The molecule has 2 heterocycles. The highest BCUT2D eigenvalue weighted by molar-refractivity contribution is 5.79. The first-order chi connectivity index (χ1) is 11.6. The molecule has 1 aliphatic rings. The lowest BCUT2D eigenvalue weighted by Gasteiger charge is -2.25. The summed E-state index contributed by atoms with van der Waals surface area (Å²) in [6.07, 6.45) is 6.32. The topological polar surface area (TPSA) is 37.6 Å². The molecule has 0 saturated heterocycles. The predicted octanol–water partition coefficient (Wildman–Crippen LogP) is 3.33. The summed E-state index contributed by atoms with van der Waals surface area (Å²) in [7, 11) is 1.91. The molecule has 4 rings (SSSR count). The maximum atomic E-state index is 12.7. The minimum absolute atomic E-state index is 0.123. The summed E-state index contributed by atoms with van der Waals surface area (Å²) >= 11 is 0. The summed E-state index contributed by atoms with van der Waals surface area (Å²) < 4.78 is 1.99. The summed E-state index contributed by atoms with van der Waals surface area (Å²) in [5.74, 6) is 0.123. The second-order valence-corrected chi connectivity index (χ2v) is 6.59. The van der Waals surface area contributed by atoms with Crippen LogP contribution in [0.5, 0.6) is 0 Å². The summed E-state index contributed by atoms with van der Waals surface area (Å²) in [6, 6.07) is 12.7. The van der Waals surface area contributed by atoms with Gasteiger partial charge in [-0.25, -0.2) is 4.98 Å². The maximum Gasteiger partial charge on any atom is 0.228 e. The molecular formula is C20H21N3O. The van der Waals surface area contributed by atoms with Crippen LogP contribution < -0.4 is 0 Å². The third-order valence-electron chi connectivity index (χ3n) is 5.02. The van der Waals surface area contributed by atoms with Gasteiger partial charge in [-0.2, -0.15) is 0 Å². The molecule has 4 nitrogen and oxygen atoms in total. The van der Waals surface area contributed by atoms with Crippen LogP contribution in [0.25, 0.3) is 5.65 Å². The predicted molar refractivity (Wildman–Crippen MR) is 93.9 cm³/mol. The lowest BCUT2D eigenvalue weighted by molar-refractivity contribution is -0.131. The van der Waals surface area contributed by atoms with Crippen LogP contribution >= 0.6 is 0 Å². The zero-order valence-corrected chi connectivity index (χ0v) is 14.1. The molecule has 0 unspecified atom stereocenters. The van der Waals surface area contributed by atoms with Gasteiger partial charge < -0.3 is 9.30 Å². The summed E-state index contributed by atoms with van der Waals surface area (Å²) in [4.78, 5) is 19.3. The Hall–Kier alpha value is -2.62. The molecule has 0 spiro atoms. The number of aromatic nitrogens is 2. The third-order valence-corrected chi connectivity index (χ3v) is 5.02. The van der Waals surface area contributed by atoms with Crippen molar-refractivity contribution in [2.24, 2.45) is 0 Å². The highest BCUT2D eigenvalue weighted by Crippen LogP contribution is 2.35. The van der Waals surface area contributed by atoms with Crippen LogP contribution in [-0.2, 0) is 17.6 Å². The smallest absolute Gasteiger partial charge is 0.228 e. The minimum Gasteiger partial charge on any atom is -0.338 e. The molecule has 0 bridgehead atoms. The monoisotopic (exact) mass is 319 g/mol. The number of carbonyl (C=O) groups excluding carboxylic acids is 1. The average Bonchev–Trinajstić information content (AvgIpc) is 3.18. The number of pyridine rings is 1. The lowest BCUT2D eigenvalue weighted by Crippen LogP contribution is -2.31. The average molecular weight is 319 g/mol. The van der Waals surface area contributed by atoms with Crippen molar-refractivity contribution in [1.82, 2.24) is 14.3 Å². The Morgan fingerprint density at radius 2 is 2.12 bits per heavy atom. The highest BCUT2D eigenvalue weighted by atomic mass is 16.2. The van der Waals surface area contributed by atoms with Crippen LogP contribution in [0.3, 0.4) is 0 Å². The van der Waals surface area contributed by atoms with Crippen LogP contribution in [-0.4, -0.2) is 27.2 Å². The van der Waals surface area contributed by atoms with E-state index in [2.05, 4.69) is 29.2 Å². The first kappa shape index (κ1) is 14.9. The molecule has 1 atom stereocenters. The molecular weight excluding hydrogens is 298 g/mol. The van der Waals surface area contributed by atoms with Gasteiger partial charge in [0.1, 0.15) is 5.65 Å². The van der Waals surface area contributed by atoms with Gasteiger partial charge in [-0.05, 0) is 42.5 Å². The number of imidazole rings is 1. The van der Waals surface area contributed by atoms with Crippen molar-refractivity contribution < 1.29 is 4.79 Å². The van der Waals surface area contributed by atoms with Gasteiger partial charge in [-0.3, -0.25) is 4.79 Å². The van der Waals surface area contributed by atoms with E-state index in [1.54, 1.807) is 0 Å². The van der Waals surface area contributed by atoms with E-state index in [9.17, 15) is 4.79 Å². The fourth-order valence-electron chi connectivity index (χ4n) is 3.68. The number of hydrogen-bond donors (Lipinski definition) is 0. The van der Waals surface area contributed by atoms with E-state index in [0.717, 1.165) is 29.7 Å². The molecule has 1 aromatic carbocycles. The number of hydrogen-bond acceptors (Lipinski definition) is 2. The fourth-order valence-corrected chi connectivity index (χ4v) is 3.68. The Balaban J connectivity index is 1.54. The van der Waals surface area contributed by atoms with Gasteiger partial charge in [0.15, 0.2) is 0 Å². The molecule has 24 heavy (non-hydrogen) atoms. The van der Waals surface area contributed by atoms with Crippen molar-refractivity contribution in [3.63, 3.8) is 0 Å². The van der Waals surface area contributed by atoms with Crippen LogP contribution in [0, 0.1) is 6.92 Å². The van der Waals surface area contributed by atoms with Crippen molar-refractivity contribution in [3.8, 4) is 0 Å². The third kappa shape index (κ3) is 2.48. The first-order valence-electron chi connectivity index (χ1n) is 8.40. The number of likely N-dealkylation sites (N-methyl/N-ethyl adjacent to an activating group) is 1. The van der Waals surface area contributed by atoms with E-state index in [1.807, 2.05) is 47.8 Å². The molecule has 0 aliphatic heterocycles. The normalized spacial score (nSPS) is 16.3. The summed E-state index contributed by atoms with van der Waals surface area (Å²) in [5, 5.41) is 0. The Morgan fingerprint density at radius 1 is 1.29 bits per heavy atom. The number of aryl methyl sites for hydroxylation is 2. The number of carbonyl (C=O) groups is 1. The van der Waals surface area contributed by atoms with Crippen molar-refractivity contribution in [1.29, 1.82) is 0 Å². The van der Waals surface area contributed by atoms with Gasteiger partial charge in [0.05, 0.1) is 18.2 Å². The van der Waals surface area contributed by atoms with E-state index >= 15 is 0 Å². The molecule has 2 aromatic heterocycles.